The van der Waals surface area contributed by atoms with E-state index in [1.54, 1.807) is 25.3 Å². The van der Waals surface area contributed by atoms with Gasteiger partial charge in [0.15, 0.2) is 0 Å². The second kappa shape index (κ2) is 7.87. The lowest BCUT2D eigenvalue weighted by atomic mass is 10.1. The maximum atomic E-state index is 12.8. The first-order valence-corrected chi connectivity index (χ1v) is 7.50. The summed E-state index contributed by atoms with van der Waals surface area (Å²) in [5.41, 5.74) is 0.301. The molecule has 0 radical (unpaired) electrons. The van der Waals surface area contributed by atoms with Crippen molar-refractivity contribution in [2.75, 3.05) is 7.11 Å². The van der Waals surface area contributed by atoms with Crippen molar-refractivity contribution in [1.82, 2.24) is 15.6 Å². The second-order valence-electron chi connectivity index (χ2n) is 5.34. The van der Waals surface area contributed by atoms with E-state index in [0.717, 1.165) is 12.1 Å². The van der Waals surface area contributed by atoms with Gasteiger partial charge in [0.25, 0.3) is 0 Å². The van der Waals surface area contributed by atoms with Crippen LogP contribution in [0.1, 0.15) is 29.7 Å². The van der Waals surface area contributed by atoms with Crippen LogP contribution in [0.15, 0.2) is 42.6 Å². The SMILES string of the molecule is COc1ncccc1CNC(=O)NC(C)c1cccc(C(F)(F)F)c1. The smallest absolute Gasteiger partial charge is 0.416 e. The predicted molar refractivity (Wildman–Crippen MR) is 86.0 cm³/mol. The molecule has 2 amide bonds. The molecule has 1 aromatic heterocycles. The molecule has 0 spiro atoms. The molecule has 1 atom stereocenters. The molecule has 1 aromatic carbocycles. The molecule has 5 nitrogen and oxygen atoms in total. The lowest BCUT2D eigenvalue weighted by Crippen LogP contribution is -2.36. The summed E-state index contributed by atoms with van der Waals surface area (Å²) in [5, 5.41) is 5.23. The Morgan fingerprint density at radius 2 is 2.04 bits per heavy atom. The van der Waals surface area contributed by atoms with E-state index in [2.05, 4.69) is 15.6 Å². The number of urea groups is 1. The summed E-state index contributed by atoms with van der Waals surface area (Å²) in [6, 6.07) is 7.23. The molecule has 1 heterocycles. The van der Waals surface area contributed by atoms with Crippen molar-refractivity contribution in [3.8, 4) is 5.88 Å². The van der Waals surface area contributed by atoms with Crippen LogP contribution in [0.25, 0.3) is 0 Å². The first kappa shape index (κ1) is 18.6. The van der Waals surface area contributed by atoms with E-state index in [-0.39, 0.29) is 6.54 Å². The van der Waals surface area contributed by atoms with Crippen molar-refractivity contribution in [3.63, 3.8) is 0 Å². The van der Waals surface area contributed by atoms with Crippen molar-refractivity contribution in [1.29, 1.82) is 0 Å². The first-order chi connectivity index (χ1) is 11.8. The van der Waals surface area contributed by atoms with E-state index >= 15 is 0 Å². The van der Waals surface area contributed by atoms with Crippen molar-refractivity contribution in [2.24, 2.45) is 0 Å². The second-order valence-corrected chi connectivity index (χ2v) is 5.34. The van der Waals surface area contributed by atoms with E-state index in [9.17, 15) is 18.0 Å². The molecule has 0 fully saturated rings. The number of alkyl halides is 3. The number of methoxy groups -OCH3 is 1. The molecule has 0 aliphatic heterocycles. The Kier molecular flexibility index (Phi) is 5.84. The number of ether oxygens (including phenoxy) is 1. The molecule has 0 aliphatic carbocycles. The zero-order valence-electron chi connectivity index (χ0n) is 13.7. The van der Waals surface area contributed by atoms with Gasteiger partial charge in [0, 0.05) is 18.3 Å². The summed E-state index contributed by atoms with van der Waals surface area (Å²) in [5.74, 6) is 0.397. The van der Waals surface area contributed by atoms with Crippen LogP contribution >= 0.6 is 0 Å². The van der Waals surface area contributed by atoms with Gasteiger partial charge in [0.05, 0.1) is 18.7 Å². The predicted octanol–water partition coefficient (Wildman–Crippen LogP) is 3.67. The summed E-state index contributed by atoms with van der Waals surface area (Å²) < 4.78 is 43.4. The number of pyridine rings is 1. The molecular formula is C17H18F3N3O2. The molecule has 1 unspecified atom stereocenters. The number of nitrogens with zero attached hydrogens (tertiary/aromatic N) is 1. The maximum absolute atomic E-state index is 12.8. The van der Waals surface area contributed by atoms with Crippen molar-refractivity contribution < 1.29 is 22.7 Å². The van der Waals surface area contributed by atoms with Crippen LogP contribution in [-0.2, 0) is 12.7 Å². The van der Waals surface area contributed by atoms with E-state index in [4.69, 9.17) is 4.74 Å². The minimum atomic E-state index is -4.42. The molecular weight excluding hydrogens is 335 g/mol. The molecule has 0 saturated heterocycles. The van der Waals surface area contributed by atoms with E-state index in [1.807, 2.05) is 0 Å². The van der Waals surface area contributed by atoms with Gasteiger partial charge in [-0.25, -0.2) is 9.78 Å². The van der Waals surface area contributed by atoms with Crippen LogP contribution in [0.5, 0.6) is 5.88 Å². The van der Waals surface area contributed by atoms with Crippen LogP contribution in [0.2, 0.25) is 0 Å². The minimum absolute atomic E-state index is 0.179. The fraction of sp³-hybridized carbons (Fsp3) is 0.294. The fourth-order valence-corrected chi connectivity index (χ4v) is 2.23. The third kappa shape index (κ3) is 5.10. The summed E-state index contributed by atoms with van der Waals surface area (Å²) in [4.78, 5) is 16.0. The van der Waals surface area contributed by atoms with Gasteiger partial charge in [-0.15, -0.1) is 0 Å². The number of nitrogens with one attached hydrogen (secondary N) is 2. The van der Waals surface area contributed by atoms with Crippen LogP contribution < -0.4 is 15.4 Å². The van der Waals surface area contributed by atoms with Crippen molar-refractivity contribution >= 4 is 6.03 Å². The summed E-state index contributed by atoms with van der Waals surface area (Å²) in [7, 11) is 1.47. The quantitative estimate of drug-likeness (QED) is 0.862. The van der Waals surface area contributed by atoms with Crippen LogP contribution in [0.3, 0.4) is 0 Å². The largest absolute Gasteiger partial charge is 0.481 e. The summed E-state index contributed by atoms with van der Waals surface area (Å²) >= 11 is 0. The zero-order valence-corrected chi connectivity index (χ0v) is 13.7. The van der Waals surface area contributed by atoms with E-state index in [1.165, 1.54) is 19.2 Å². The highest BCUT2D eigenvalue weighted by atomic mass is 19.4. The normalized spacial score (nSPS) is 12.4. The number of hydrogen-bond donors (Lipinski definition) is 2. The van der Waals surface area contributed by atoms with Gasteiger partial charge in [-0.2, -0.15) is 13.2 Å². The summed E-state index contributed by atoms with van der Waals surface area (Å²) in [6.45, 7) is 1.79. The number of carbonyl (C=O) groups excluding carboxylic acids is 1. The Balaban J connectivity index is 1.96. The Labute approximate surface area is 143 Å². The average Bonchev–Trinajstić information content (AvgIpc) is 2.59. The van der Waals surface area contributed by atoms with Gasteiger partial charge in [-0.3, -0.25) is 0 Å². The van der Waals surface area contributed by atoms with E-state index in [0.29, 0.717) is 17.0 Å². The molecule has 0 bridgehead atoms. The van der Waals surface area contributed by atoms with Gasteiger partial charge in [0.2, 0.25) is 5.88 Å². The topological polar surface area (TPSA) is 63.2 Å². The molecule has 0 saturated carbocycles. The maximum Gasteiger partial charge on any atom is 0.416 e. The highest BCUT2D eigenvalue weighted by molar-refractivity contribution is 5.74. The first-order valence-electron chi connectivity index (χ1n) is 7.50. The molecule has 0 aliphatic rings. The lowest BCUT2D eigenvalue weighted by Gasteiger charge is -2.17. The Morgan fingerprint density at radius 1 is 1.28 bits per heavy atom. The molecule has 134 valence electrons. The molecule has 8 heteroatoms. The number of benzene rings is 1. The molecule has 25 heavy (non-hydrogen) atoms. The molecule has 2 rings (SSSR count). The minimum Gasteiger partial charge on any atom is -0.481 e. The number of hydrogen-bond acceptors (Lipinski definition) is 3. The number of amides is 2. The molecule has 2 aromatic rings. The van der Waals surface area contributed by atoms with Gasteiger partial charge < -0.3 is 15.4 Å². The third-order valence-electron chi connectivity index (χ3n) is 3.54. The Hall–Kier alpha value is -2.77. The third-order valence-corrected chi connectivity index (χ3v) is 3.54. The average molecular weight is 353 g/mol. The van der Waals surface area contributed by atoms with Crippen molar-refractivity contribution in [2.45, 2.75) is 25.7 Å². The number of aromatic nitrogens is 1. The van der Waals surface area contributed by atoms with Gasteiger partial charge in [0.1, 0.15) is 0 Å². The monoisotopic (exact) mass is 353 g/mol. The number of rotatable bonds is 5. The number of halogens is 3. The van der Waals surface area contributed by atoms with E-state index < -0.39 is 23.8 Å². The standard InChI is InChI=1S/C17H18F3N3O2/c1-11(12-5-3-7-14(9-12)17(18,19)20)23-16(24)22-10-13-6-4-8-21-15(13)25-2/h3-9,11H,10H2,1-2H3,(H2,22,23,24). The van der Waals surface area contributed by atoms with Gasteiger partial charge in [-0.1, -0.05) is 18.2 Å². The highest BCUT2D eigenvalue weighted by Gasteiger charge is 2.30. The van der Waals surface area contributed by atoms with Gasteiger partial charge >= 0.3 is 12.2 Å². The van der Waals surface area contributed by atoms with Gasteiger partial charge in [-0.05, 0) is 30.7 Å². The van der Waals surface area contributed by atoms with Crippen LogP contribution in [-0.4, -0.2) is 18.1 Å². The zero-order chi connectivity index (χ0) is 18.4. The van der Waals surface area contributed by atoms with Crippen LogP contribution in [0, 0.1) is 0 Å². The fourth-order valence-electron chi connectivity index (χ4n) is 2.23. The Morgan fingerprint density at radius 3 is 2.72 bits per heavy atom. The summed E-state index contributed by atoms with van der Waals surface area (Å²) in [6.07, 6.45) is -2.85. The van der Waals surface area contributed by atoms with Crippen LogP contribution in [0.4, 0.5) is 18.0 Å². The lowest BCUT2D eigenvalue weighted by molar-refractivity contribution is -0.137. The Bertz CT molecular complexity index is 735. The van der Waals surface area contributed by atoms with Crippen molar-refractivity contribution in [3.05, 3.63) is 59.3 Å². The molecule has 2 N–H and O–H groups in total. The number of carbonyl (C=O) groups is 1. The highest BCUT2D eigenvalue weighted by Crippen LogP contribution is 2.30.